The Morgan fingerprint density at radius 2 is 1.88 bits per heavy atom. The van der Waals surface area contributed by atoms with Gasteiger partial charge in [-0.15, -0.1) is 0 Å². The van der Waals surface area contributed by atoms with Crippen molar-refractivity contribution in [2.75, 3.05) is 10.6 Å². The number of hydrogen-bond acceptors (Lipinski definition) is 4. The van der Waals surface area contributed by atoms with E-state index in [2.05, 4.69) is 10.6 Å². The average molecular weight is 322 g/mol. The van der Waals surface area contributed by atoms with Gasteiger partial charge in [0.15, 0.2) is 5.78 Å². The maximum Gasteiger partial charge on any atom is 0.239 e. The van der Waals surface area contributed by atoms with Crippen LogP contribution in [0.3, 0.4) is 0 Å². The molecule has 1 unspecified atom stereocenters. The summed E-state index contributed by atoms with van der Waals surface area (Å²) in [4.78, 5) is 46.4. The highest BCUT2D eigenvalue weighted by Crippen LogP contribution is 2.32. The minimum absolute atomic E-state index is 0.222. The quantitative estimate of drug-likeness (QED) is 0.512. The summed E-state index contributed by atoms with van der Waals surface area (Å²) in [7, 11) is 0. The predicted octanol–water partition coefficient (Wildman–Crippen LogP) is 2.11. The van der Waals surface area contributed by atoms with Gasteiger partial charge < -0.3 is 15.4 Å². The second-order valence-electron chi connectivity index (χ2n) is 5.50. The largest absolute Gasteiger partial charge is 0.326 e. The molecule has 6 nitrogen and oxygen atoms in total. The molecule has 2 aromatic carbocycles. The zero-order chi connectivity index (χ0) is 17.3. The topological polar surface area (TPSA) is 92.3 Å². The van der Waals surface area contributed by atoms with Crippen LogP contribution >= 0.6 is 0 Å². The lowest BCUT2D eigenvalue weighted by atomic mass is 9.97. The summed E-state index contributed by atoms with van der Waals surface area (Å²) < 4.78 is 0. The molecule has 0 spiro atoms. The average Bonchev–Trinajstić information content (AvgIpc) is 2.87. The molecular weight excluding hydrogens is 308 g/mol. The first-order valence-electron chi connectivity index (χ1n) is 7.32. The molecule has 1 aliphatic rings. The lowest BCUT2D eigenvalue weighted by Gasteiger charge is -2.07. The Balaban J connectivity index is 1.92. The monoisotopic (exact) mass is 322 g/mol. The molecule has 2 aromatic rings. The van der Waals surface area contributed by atoms with Crippen LogP contribution in [-0.4, -0.2) is 23.9 Å². The lowest BCUT2D eigenvalue weighted by Crippen LogP contribution is -2.12. The molecule has 0 fully saturated rings. The van der Waals surface area contributed by atoms with Crippen molar-refractivity contribution >= 4 is 35.3 Å². The van der Waals surface area contributed by atoms with Crippen molar-refractivity contribution in [2.24, 2.45) is 0 Å². The molecule has 0 aromatic heterocycles. The summed E-state index contributed by atoms with van der Waals surface area (Å²) in [6.07, 6.45) is 0.583. The van der Waals surface area contributed by atoms with E-state index in [0.29, 0.717) is 34.4 Å². The zero-order valence-electron chi connectivity index (χ0n) is 12.8. The third kappa shape index (κ3) is 2.81. The lowest BCUT2D eigenvalue weighted by molar-refractivity contribution is -0.121. The molecule has 2 N–H and O–H groups in total. The van der Waals surface area contributed by atoms with Crippen molar-refractivity contribution in [1.82, 2.24) is 0 Å². The molecule has 0 saturated heterocycles. The normalized spacial score (nSPS) is 15.4. The standard InChI is InChI=1S/C18H14N2O4/c1-10(22)19-13-4-2-3-11(7-13)17(23)12-5-6-14-15(9-21)18(24)20-16(14)8-12/h2-9,15H,1H3,(H,19,22)(H,20,24). The molecule has 1 atom stereocenters. The van der Waals surface area contributed by atoms with Crippen molar-refractivity contribution in [1.29, 1.82) is 0 Å². The van der Waals surface area contributed by atoms with Gasteiger partial charge in [-0.1, -0.05) is 24.3 Å². The van der Waals surface area contributed by atoms with Gasteiger partial charge in [0.2, 0.25) is 11.8 Å². The van der Waals surface area contributed by atoms with E-state index in [4.69, 9.17) is 0 Å². The Hall–Kier alpha value is -3.28. The van der Waals surface area contributed by atoms with Crippen molar-refractivity contribution in [3.8, 4) is 0 Å². The van der Waals surface area contributed by atoms with E-state index in [9.17, 15) is 19.2 Å². The highest BCUT2D eigenvalue weighted by Gasteiger charge is 2.30. The first kappa shape index (κ1) is 15.6. The van der Waals surface area contributed by atoms with Crippen LogP contribution in [0.1, 0.15) is 34.3 Å². The Morgan fingerprint density at radius 1 is 1.12 bits per heavy atom. The highest BCUT2D eigenvalue weighted by molar-refractivity contribution is 6.14. The van der Waals surface area contributed by atoms with Crippen molar-refractivity contribution in [3.05, 3.63) is 59.2 Å². The van der Waals surface area contributed by atoms with Crippen molar-refractivity contribution in [3.63, 3.8) is 0 Å². The molecule has 2 amide bonds. The van der Waals surface area contributed by atoms with Gasteiger partial charge in [0, 0.05) is 29.4 Å². The number of carbonyl (C=O) groups excluding carboxylic acids is 4. The van der Waals surface area contributed by atoms with Gasteiger partial charge in [0.25, 0.3) is 0 Å². The van der Waals surface area contributed by atoms with Crippen LogP contribution in [0.25, 0.3) is 0 Å². The van der Waals surface area contributed by atoms with Gasteiger partial charge in [-0.25, -0.2) is 0 Å². The van der Waals surface area contributed by atoms with E-state index >= 15 is 0 Å². The summed E-state index contributed by atoms with van der Waals surface area (Å²) >= 11 is 0. The minimum Gasteiger partial charge on any atom is -0.326 e. The summed E-state index contributed by atoms with van der Waals surface area (Å²) in [6.45, 7) is 1.39. The minimum atomic E-state index is -0.827. The molecule has 6 heteroatoms. The number of anilines is 2. The molecule has 1 heterocycles. The second kappa shape index (κ2) is 6.08. The van der Waals surface area contributed by atoms with Gasteiger partial charge in [0.05, 0.1) is 0 Å². The first-order chi connectivity index (χ1) is 11.5. The third-order valence-electron chi connectivity index (χ3n) is 3.77. The van der Waals surface area contributed by atoms with E-state index in [0.717, 1.165) is 0 Å². The van der Waals surface area contributed by atoms with Crippen LogP contribution in [0.4, 0.5) is 11.4 Å². The number of carbonyl (C=O) groups is 4. The molecule has 1 aliphatic heterocycles. The fraction of sp³-hybridized carbons (Fsp3) is 0.111. The SMILES string of the molecule is CC(=O)Nc1cccc(C(=O)c2ccc3c(c2)NC(=O)C3C=O)c1. The Kier molecular flexibility index (Phi) is 3.95. The molecule has 0 radical (unpaired) electrons. The van der Waals surface area contributed by atoms with Crippen LogP contribution in [0.2, 0.25) is 0 Å². The number of ketones is 1. The summed E-state index contributed by atoms with van der Waals surface area (Å²) in [5, 5.41) is 5.23. The highest BCUT2D eigenvalue weighted by atomic mass is 16.2. The van der Waals surface area contributed by atoms with Crippen LogP contribution in [0.5, 0.6) is 0 Å². The first-order valence-corrected chi connectivity index (χ1v) is 7.32. The van der Waals surface area contributed by atoms with Crippen LogP contribution in [0, 0.1) is 0 Å². The maximum atomic E-state index is 12.6. The zero-order valence-corrected chi connectivity index (χ0v) is 12.8. The number of aldehydes is 1. The van der Waals surface area contributed by atoms with Gasteiger partial charge in [-0.2, -0.15) is 0 Å². The van der Waals surface area contributed by atoms with Gasteiger partial charge >= 0.3 is 0 Å². The molecular formula is C18H14N2O4. The fourth-order valence-corrected chi connectivity index (χ4v) is 2.67. The maximum absolute atomic E-state index is 12.6. The molecule has 24 heavy (non-hydrogen) atoms. The number of hydrogen-bond donors (Lipinski definition) is 2. The predicted molar refractivity (Wildman–Crippen MR) is 88.1 cm³/mol. The van der Waals surface area contributed by atoms with E-state index in [1.165, 1.54) is 6.92 Å². The Bertz CT molecular complexity index is 873. The molecule has 0 bridgehead atoms. The summed E-state index contributed by atoms with van der Waals surface area (Å²) in [6, 6.07) is 11.4. The van der Waals surface area contributed by atoms with Gasteiger partial charge in [0.1, 0.15) is 12.2 Å². The molecule has 3 rings (SSSR count). The Morgan fingerprint density at radius 3 is 2.58 bits per heavy atom. The van der Waals surface area contributed by atoms with E-state index < -0.39 is 11.8 Å². The molecule has 120 valence electrons. The number of amides is 2. The van der Waals surface area contributed by atoms with Gasteiger partial charge in [-0.3, -0.25) is 14.4 Å². The van der Waals surface area contributed by atoms with Crippen LogP contribution in [-0.2, 0) is 14.4 Å². The van der Waals surface area contributed by atoms with E-state index in [-0.39, 0.29) is 11.7 Å². The third-order valence-corrected chi connectivity index (χ3v) is 3.77. The molecule has 0 saturated carbocycles. The number of benzene rings is 2. The van der Waals surface area contributed by atoms with Crippen molar-refractivity contribution in [2.45, 2.75) is 12.8 Å². The number of rotatable bonds is 4. The molecule has 0 aliphatic carbocycles. The fourth-order valence-electron chi connectivity index (χ4n) is 2.67. The number of nitrogens with one attached hydrogen (secondary N) is 2. The van der Waals surface area contributed by atoms with Crippen LogP contribution in [0.15, 0.2) is 42.5 Å². The van der Waals surface area contributed by atoms with E-state index in [1.807, 2.05) is 0 Å². The Labute approximate surface area is 137 Å². The van der Waals surface area contributed by atoms with Gasteiger partial charge in [-0.05, 0) is 23.8 Å². The summed E-state index contributed by atoms with van der Waals surface area (Å²) in [5.41, 5.74) is 2.38. The number of fused-ring (bicyclic) bond motifs is 1. The van der Waals surface area contributed by atoms with E-state index in [1.54, 1.807) is 42.5 Å². The smallest absolute Gasteiger partial charge is 0.239 e. The summed E-state index contributed by atoms with van der Waals surface area (Å²) in [5.74, 6) is -1.68. The van der Waals surface area contributed by atoms with Crippen molar-refractivity contribution < 1.29 is 19.2 Å². The van der Waals surface area contributed by atoms with Crippen LogP contribution < -0.4 is 10.6 Å². The second-order valence-corrected chi connectivity index (χ2v) is 5.50.